The summed E-state index contributed by atoms with van der Waals surface area (Å²) in [5.74, 6) is -0.0840. The Morgan fingerprint density at radius 1 is 1.28 bits per heavy atom. The predicted octanol–water partition coefficient (Wildman–Crippen LogP) is 3.02. The van der Waals surface area contributed by atoms with Crippen LogP contribution in [0.5, 0.6) is 0 Å². The van der Waals surface area contributed by atoms with Gasteiger partial charge < -0.3 is 5.32 Å². The molecule has 0 saturated heterocycles. The standard InChI is InChI=1S/C16H18ClN3O3S2/c1-11-4-6-14(13(17)8-11)19-15(21)10-24-16-7-5-12(9-18-16)25(22,23)20(2)3/h4-9H,10H2,1-3H3,(H,19,21). The second kappa shape index (κ2) is 8.18. The van der Waals surface area contributed by atoms with Crippen LogP contribution in [-0.4, -0.2) is 43.5 Å². The second-order valence-corrected chi connectivity index (χ2v) is 8.99. The van der Waals surface area contributed by atoms with Crippen molar-refractivity contribution in [2.24, 2.45) is 0 Å². The summed E-state index contributed by atoms with van der Waals surface area (Å²) in [6.07, 6.45) is 1.28. The number of aromatic nitrogens is 1. The number of sulfonamides is 1. The van der Waals surface area contributed by atoms with Crippen molar-refractivity contribution in [3.8, 4) is 0 Å². The second-order valence-electron chi connectivity index (χ2n) is 5.44. The molecule has 1 aromatic heterocycles. The molecular formula is C16H18ClN3O3S2. The van der Waals surface area contributed by atoms with Gasteiger partial charge in [-0.25, -0.2) is 17.7 Å². The molecule has 25 heavy (non-hydrogen) atoms. The number of thioether (sulfide) groups is 1. The molecule has 2 aromatic rings. The number of nitrogens with one attached hydrogen (secondary N) is 1. The van der Waals surface area contributed by atoms with E-state index in [1.807, 2.05) is 13.0 Å². The Morgan fingerprint density at radius 3 is 2.56 bits per heavy atom. The smallest absolute Gasteiger partial charge is 0.244 e. The number of pyridine rings is 1. The van der Waals surface area contributed by atoms with Crippen LogP contribution in [0.4, 0.5) is 5.69 Å². The number of aryl methyl sites for hydroxylation is 1. The fourth-order valence-corrected chi connectivity index (χ4v) is 3.64. The molecule has 1 amide bonds. The van der Waals surface area contributed by atoms with E-state index in [4.69, 9.17) is 11.6 Å². The minimum Gasteiger partial charge on any atom is -0.324 e. The van der Waals surface area contributed by atoms with Gasteiger partial charge in [-0.3, -0.25) is 4.79 Å². The SMILES string of the molecule is Cc1ccc(NC(=O)CSc2ccc(S(=O)(=O)N(C)C)cn2)c(Cl)c1. The van der Waals surface area contributed by atoms with E-state index in [-0.39, 0.29) is 16.6 Å². The molecule has 6 nitrogen and oxygen atoms in total. The number of halogens is 1. The van der Waals surface area contributed by atoms with Crippen LogP contribution in [0.2, 0.25) is 5.02 Å². The number of hydrogen-bond donors (Lipinski definition) is 1. The molecule has 0 aliphatic rings. The van der Waals surface area contributed by atoms with E-state index >= 15 is 0 Å². The molecule has 0 bridgehead atoms. The zero-order valence-corrected chi connectivity index (χ0v) is 16.4. The molecule has 0 aliphatic heterocycles. The lowest BCUT2D eigenvalue weighted by Gasteiger charge is -2.11. The summed E-state index contributed by atoms with van der Waals surface area (Å²) in [7, 11) is -0.593. The summed E-state index contributed by atoms with van der Waals surface area (Å²) in [5, 5.41) is 3.78. The van der Waals surface area contributed by atoms with E-state index in [9.17, 15) is 13.2 Å². The molecule has 0 spiro atoms. The Kier molecular flexibility index (Phi) is 6.45. The van der Waals surface area contributed by atoms with Crippen molar-refractivity contribution in [3.63, 3.8) is 0 Å². The number of rotatable bonds is 6. The van der Waals surface area contributed by atoms with Crippen LogP contribution in [0.25, 0.3) is 0 Å². The molecule has 9 heteroatoms. The number of anilines is 1. The van der Waals surface area contributed by atoms with Crippen LogP contribution in [0.1, 0.15) is 5.56 Å². The molecule has 134 valence electrons. The third-order valence-corrected chi connectivity index (χ3v) is 6.29. The third kappa shape index (κ3) is 5.18. The van der Waals surface area contributed by atoms with Gasteiger partial charge >= 0.3 is 0 Å². The van der Waals surface area contributed by atoms with E-state index in [0.717, 1.165) is 9.87 Å². The zero-order chi connectivity index (χ0) is 18.6. The highest BCUT2D eigenvalue weighted by Gasteiger charge is 2.17. The van der Waals surface area contributed by atoms with E-state index in [1.165, 1.54) is 38.1 Å². The third-order valence-electron chi connectivity index (χ3n) is 3.24. The predicted molar refractivity (Wildman–Crippen MR) is 101 cm³/mol. The van der Waals surface area contributed by atoms with Gasteiger partial charge in [0.2, 0.25) is 15.9 Å². The van der Waals surface area contributed by atoms with E-state index in [1.54, 1.807) is 18.2 Å². The van der Waals surface area contributed by atoms with Gasteiger partial charge in [0.05, 0.1) is 21.5 Å². The molecule has 0 unspecified atom stereocenters. The molecule has 0 saturated carbocycles. The van der Waals surface area contributed by atoms with E-state index < -0.39 is 10.0 Å². The number of nitrogens with zero attached hydrogens (tertiary/aromatic N) is 2. The van der Waals surface area contributed by atoms with Crippen molar-refractivity contribution in [2.75, 3.05) is 25.2 Å². The lowest BCUT2D eigenvalue weighted by molar-refractivity contribution is -0.113. The number of benzene rings is 1. The molecule has 1 heterocycles. The monoisotopic (exact) mass is 399 g/mol. The van der Waals surface area contributed by atoms with E-state index in [2.05, 4.69) is 10.3 Å². The van der Waals surface area contributed by atoms with Gasteiger partial charge in [0.15, 0.2) is 0 Å². The molecule has 0 aliphatic carbocycles. The summed E-state index contributed by atoms with van der Waals surface area (Å²) in [5.41, 5.74) is 1.56. The maximum absolute atomic E-state index is 12.0. The highest BCUT2D eigenvalue weighted by atomic mass is 35.5. The summed E-state index contributed by atoms with van der Waals surface area (Å²) < 4.78 is 25.1. The molecule has 0 radical (unpaired) electrons. The van der Waals surface area contributed by atoms with Crippen molar-refractivity contribution < 1.29 is 13.2 Å². The molecule has 0 fully saturated rings. The van der Waals surface area contributed by atoms with Crippen molar-refractivity contribution in [3.05, 3.63) is 47.1 Å². The minimum atomic E-state index is -3.51. The quantitative estimate of drug-likeness (QED) is 0.755. The van der Waals surface area contributed by atoms with Gasteiger partial charge in [-0.2, -0.15) is 0 Å². The summed E-state index contributed by atoms with van der Waals surface area (Å²) in [4.78, 5) is 16.2. The Bertz CT molecular complexity index is 869. The fraction of sp³-hybridized carbons (Fsp3) is 0.250. The van der Waals surface area contributed by atoms with Crippen LogP contribution in [-0.2, 0) is 14.8 Å². The topological polar surface area (TPSA) is 79.4 Å². The first-order valence-corrected chi connectivity index (χ1v) is 10.1. The number of hydrogen-bond acceptors (Lipinski definition) is 5. The first-order valence-electron chi connectivity index (χ1n) is 7.27. The van der Waals surface area contributed by atoms with Crippen LogP contribution < -0.4 is 5.32 Å². The molecule has 1 N–H and O–H groups in total. The summed E-state index contributed by atoms with van der Waals surface area (Å²) in [6, 6.07) is 8.43. The van der Waals surface area contributed by atoms with Crippen LogP contribution in [0, 0.1) is 6.92 Å². The molecule has 0 atom stereocenters. The minimum absolute atomic E-state index is 0.109. The van der Waals surface area contributed by atoms with Crippen molar-refractivity contribution in [1.29, 1.82) is 0 Å². The average molecular weight is 400 g/mol. The van der Waals surface area contributed by atoms with Crippen molar-refractivity contribution in [1.82, 2.24) is 9.29 Å². The number of carbonyl (C=O) groups excluding carboxylic acids is 1. The van der Waals surface area contributed by atoms with Gasteiger partial charge in [0.25, 0.3) is 0 Å². The zero-order valence-electron chi connectivity index (χ0n) is 14.0. The molecule has 1 aromatic carbocycles. The molecule has 2 rings (SSSR count). The molecular weight excluding hydrogens is 382 g/mol. The summed E-state index contributed by atoms with van der Waals surface area (Å²) >= 11 is 7.29. The van der Waals surface area contributed by atoms with E-state index in [0.29, 0.717) is 15.7 Å². The van der Waals surface area contributed by atoms with Crippen LogP contribution >= 0.6 is 23.4 Å². The summed E-state index contributed by atoms with van der Waals surface area (Å²) in [6.45, 7) is 1.92. The maximum atomic E-state index is 12.0. The number of carbonyl (C=O) groups is 1. The number of amides is 1. The Morgan fingerprint density at radius 2 is 2.00 bits per heavy atom. The highest BCUT2D eigenvalue weighted by molar-refractivity contribution is 7.99. The Hall–Kier alpha value is -1.61. The average Bonchev–Trinajstić information content (AvgIpc) is 2.56. The first-order chi connectivity index (χ1) is 11.7. The van der Waals surface area contributed by atoms with Gasteiger partial charge in [0, 0.05) is 20.3 Å². The van der Waals surface area contributed by atoms with Gasteiger partial charge in [-0.1, -0.05) is 29.4 Å². The highest BCUT2D eigenvalue weighted by Crippen LogP contribution is 2.24. The largest absolute Gasteiger partial charge is 0.324 e. The van der Waals surface area contributed by atoms with Crippen LogP contribution in [0.3, 0.4) is 0 Å². The fourth-order valence-electron chi connectivity index (χ4n) is 1.86. The van der Waals surface area contributed by atoms with Crippen molar-refractivity contribution >= 4 is 45.0 Å². The van der Waals surface area contributed by atoms with Gasteiger partial charge in [-0.15, -0.1) is 0 Å². The maximum Gasteiger partial charge on any atom is 0.244 e. The lowest BCUT2D eigenvalue weighted by Crippen LogP contribution is -2.22. The van der Waals surface area contributed by atoms with Crippen molar-refractivity contribution in [2.45, 2.75) is 16.8 Å². The van der Waals surface area contributed by atoms with Crippen LogP contribution in [0.15, 0.2) is 46.5 Å². The van der Waals surface area contributed by atoms with Gasteiger partial charge in [-0.05, 0) is 36.8 Å². The normalized spacial score (nSPS) is 11.6. The van der Waals surface area contributed by atoms with Gasteiger partial charge in [0.1, 0.15) is 4.90 Å². The Labute approximate surface area is 156 Å². The first kappa shape index (κ1) is 19.7. The Balaban J connectivity index is 1.96. The lowest BCUT2D eigenvalue weighted by atomic mass is 10.2.